The Bertz CT molecular complexity index is 1470. The molecule has 4 aliphatic rings. The smallest absolute Gasteiger partial charge is 0.303 e. The monoisotopic (exact) mass is 624 g/mol. The fourth-order valence-electron chi connectivity index (χ4n) is 7.42. The second-order valence-electron chi connectivity index (χ2n) is 11.9. The van der Waals surface area contributed by atoms with Crippen LogP contribution in [0.3, 0.4) is 0 Å². The van der Waals surface area contributed by atoms with Crippen LogP contribution in [0.1, 0.15) is 44.1 Å². The van der Waals surface area contributed by atoms with Gasteiger partial charge in [-0.05, 0) is 49.3 Å². The summed E-state index contributed by atoms with van der Waals surface area (Å²) in [5.74, 6) is -7.51. The van der Waals surface area contributed by atoms with Gasteiger partial charge in [0, 0.05) is 31.8 Å². The van der Waals surface area contributed by atoms with E-state index in [1.807, 2.05) is 6.08 Å². The molecule has 0 unspecified atom stereocenters. The largest absolute Gasteiger partial charge is 0.502 e. The molecular formula is C32H36N2O11. The molecule has 13 nitrogen and oxygen atoms in total. The Hall–Kier alpha value is -4.68. The van der Waals surface area contributed by atoms with Gasteiger partial charge in [0.2, 0.25) is 29.4 Å². The molecule has 2 aliphatic heterocycles. The van der Waals surface area contributed by atoms with Crippen LogP contribution < -0.4 is 9.47 Å². The van der Waals surface area contributed by atoms with Gasteiger partial charge < -0.3 is 24.8 Å². The van der Waals surface area contributed by atoms with Crippen molar-refractivity contribution in [2.45, 2.75) is 38.5 Å². The summed E-state index contributed by atoms with van der Waals surface area (Å²) in [5.41, 5.74) is 1.37. The number of hydrogen-bond donors (Lipinski definition) is 3. The lowest BCUT2D eigenvalue weighted by Crippen LogP contribution is -2.43. The normalized spacial score (nSPS) is 27.4. The molecule has 45 heavy (non-hydrogen) atoms. The Balaban J connectivity index is 1.51. The molecule has 3 N–H and O–H groups in total. The first-order valence-electron chi connectivity index (χ1n) is 15.0. The average molecular weight is 625 g/mol. The molecule has 2 saturated heterocycles. The summed E-state index contributed by atoms with van der Waals surface area (Å²) in [6.07, 6.45) is 5.72. The Morgan fingerprint density at radius 1 is 0.822 bits per heavy atom. The molecule has 13 heteroatoms. The number of carboxylic acids is 2. The number of fused-ring (bicyclic) bond motifs is 4. The van der Waals surface area contributed by atoms with E-state index < -0.39 is 65.2 Å². The average Bonchev–Trinajstić information content (AvgIpc) is 3.39. The zero-order valence-corrected chi connectivity index (χ0v) is 25.0. The van der Waals surface area contributed by atoms with Crippen LogP contribution in [0.4, 0.5) is 0 Å². The van der Waals surface area contributed by atoms with Gasteiger partial charge in [0.05, 0.1) is 37.9 Å². The van der Waals surface area contributed by atoms with Crippen molar-refractivity contribution in [1.29, 1.82) is 0 Å². The van der Waals surface area contributed by atoms with Crippen molar-refractivity contribution in [3.63, 3.8) is 0 Å². The van der Waals surface area contributed by atoms with E-state index in [2.05, 4.69) is 0 Å². The van der Waals surface area contributed by atoms with Gasteiger partial charge in [-0.3, -0.25) is 38.6 Å². The number of hydrogen-bond acceptors (Lipinski definition) is 9. The predicted molar refractivity (Wildman–Crippen MR) is 156 cm³/mol. The highest BCUT2D eigenvalue weighted by atomic mass is 16.5. The number of phenolic OH excluding ortho intramolecular Hbond substituents is 1. The number of phenols is 1. The van der Waals surface area contributed by atoms with Crippen LogP contribution in [0.15, 0.2) is 29.9 Å². The van der Waals surface area contributed by atoms with Crippen LogP contribution in [0.5, 0.6) is 17.2 Å². The SMILES string of the molecule is COc1cc(C=C[C@H]2C3=CC[C@@H]4C(=O)N(CCCC(=O)O)C(=O)[C@@H]4[C@@H]3C[C@H]3C(=O)N(CCCC(=O)O)C(=O)[C@@H]23)cc(OC)c1O. The lowest BCUT2D eigenvalue weighted by atomic mass is 9.58. The molecule has 5 rings (SSSR count). The maximum absolute atomic E-state index is 13.8. The van der Waals surface area contributed by atoms with Crippen molar-refractivity contribution < 1.29 is 53.6 Å². The first kappa shape index (κ1) is 31.7. The number of benzene rings is 1. The lowest BCUT2D eigenvalue weighted by Gasteiger charge is -2.42. The van der Waals surface area contributed by atoms with E-state index >= 15 is 0 Å². The van der Waals surface area contributed by atoms with Crippen LogP contribution in [-0.4, -0.2) is 88.0 Å². The van der Waals surface area contributed by atoms with Crippen molar-refractivity contribution >= 4 is 41.6 Å². The van der Waals surface area contributed by atoms with Crippen LogP contribution in [0.25, 0.3) is 6.08 Å². The standard InChI is InChI=1S/C32H36N2O11/c1-44-22-13-16(14-23(45-2)28(22)39)7-8-18-17-9-10-19-27(32(43)33(29(19)40)11-3-5-24(35)36)20(17)15-21-26(18)31(42)34(30(21)41)12-4-6-25(37)38/h7-9,13-14,18-21,26-27,39H,3-6,10-12,15H2,1-2H3,(H,35,36)(H,37,38)/t18-,19-,20+,21+,26-,27-/m0/s1. The number of carbonyl (C=O) groups excluding carboxylic acids is 4. The van der Waals surface area contributed by atoms with E-state index in [1.54, 1.807) is 24.3 Å². The number of amides is 4. The summed E-state index contributed by atoms with van der Waals surface area (Å²) in [5, 5.41) is 28.5. The van der Waals surface area contributed by atoms with E-state index in [4.69, 9.17) is 19.7 Å². The minimum Gasteiger partial charge on any atom is -0.502 e. The maximum atomic E-state index is 13.8. The molecule has 1 aromatic rings. The Morgan fingerprint density at radius 2 is 1.36 bits per heavy atom. The number of aliphatic carboxylic acids is 2. The highest BCUT2D eigenvalue weighted by Gasteiger charge is 2.61. The van der Waals surface area contributed by atoms with Gasteiger partial charge in [-0.15, -0.1) is 0 Å². The number of methoxy groups -OCH3 is 2. The molecule has 2 aliphatic carbocycles. The molecule has 0 aromatic heterocycles. The molecule has 0 radical (unpaired) electrons. The lowest BCUT2D eigenvalue weighted by molar-refractivity contribution is -0.143. The number of imide groups is 2. The second-order valence-corrected chi connectivity index (χ2v) is 11.9. The first-order valence-corrected chi connectivity index (χ1v) is 15.0. The maximum Gasteiger partial charge on any atom is 0.303 e. The molecule has 4 amide bonds. The number of aromatic hydroxyl groups is 1. The number of likely N-dealkylation sites (tertiary alicyclic amines) is 2. The van der Waals surface area contributed by atoms with Crippen LogP contribution in [0.2, 0.25) is 0 Å². The van der Waals surface area contributed by atoms with Gasteiger partial charge in [0.25, 0.3) is 0 Å². The molecule has 1 saturated carbocycles. The third kappa shape index (κ3) is 5.78. The Kier molecular flexibility index (Phi) is 8.98. The number of rotatable bonds is 12. The quantitative estimate of drug-likeness (QED) is 0.229. The summed E-state index contributed by atoms with van der Waals surface area (Å²) in [6, 6.07) is 3.18. The van der Waals surface area contributed by atoms with Gasteiger partial charge in [0.15, 0.2) is 11.5 Å². The van der Waals surface area contributed by atoms with E-state index in [1.165, 1.54) is 14.2 Å². The second kappa shape index (κ2) is 12.7. The summed E-state index contributed by atoms with van der Waals surface area (Å²) < 4.78 is 10.5. The van der Waals surface area contributed by atoms with Crippen LogP contribution in [0, 0.1) is 35.5 Å². The number of carboxylic acid groups (broad SMARTS) is 2. The highest BCUT2D eigenvalue weighted by molar-refractivity contribution is 6.07. The number of allylic oxidation sites excluding steroid dienone is 3. The zero-order chi connectivity index (χ0) is 32.6. The van der Waals surface area contributed by atoms with E-state index in [9.17, 15) is 33.9 Å². The minimum atomic E-state index is -1.04. The van der Waals surface area contributed by atoms with Crippen molar-refractivity contribution in [1.82, 2.24) is 9.80 Å². The van der Waals surface area contributed by atoms with Gasteiger partial charge in [0.1, 0.15) is 0 Å². The fraction of sp³-hybridized carbons (Fsp3) is 0.500. The number of carbonyl (C=O) groups is 6. The molecule has 240 valence electrons. The first-order chi connectivity index (χ1) is 21.5. The predicted octanol–water partition coefficient (Wildman–Crippen LogP) is 2.32. The summed E-state index contributed by atoms with van der Waals surface area (Å²) >= 11 is 0. The molecule has 3 fully saturated rings. The molecule has 2 heterocycles. The fourth-order valence-corrected chi connectivity index (χ4v) is 7.42. The van der Waals surface area contributed by atoms with Gasteiger partial charge in [-0.1, -0.05) is 23.8 Å². The Labute approximate surface area is 259 Å². The van der Waals surface area contributed by atoms with E-state index in [0.717, 1.165) is 15.4 Å². The summed E-state index contributed by atoms with van der Waals surface area (Å²) in [4.78, 5) is 78.8. The van der Waals surface area contributed by atoms with Crippen molar-refractivity contribution in [2.24, 2.45) is 35.5 Å². The van der Waals surface area contributed by atoms with Crippen LogP contribution >= 0.6 is 0 Å². The zero-order valence-electron chi connectivity index (χ0n) is 25.0. The van der Waals surface area contributed by atoms with Crippen LogP contribution in [-0.2, 0) is 28.8 Å². The highest BCUT2D eigenvalue weighted by Crippen LogP contribution is 2.55. The van der Waals surface area contributed by atoms with Crippen molar-refractivity contribution in [2.75, 3.05) is 27.3 Å². The third-order valence-electron chi connectivity index (χ3n) is 9.43. The number of ether oxygens (including phenoxy) is 2. The molecule has 1 aromatic carbocycles. The molecule has 0 spiro atoms. The van der Waals surface area contributed by atoms with Gasteiger partial charge >= 0.3 is 11.9 Å². The molecule has 6 atom stereocenters. The third-order valence-corrected chi connectivity index (χ3v) is 9.43. The minimum absolute atomic E-state index is 0.00626. The van der Waals surface area contributed by atoms with Crippen molar-refractivity contribution in [3.8, 4) is 17.2 Å². The molecular weight excluding hydrogens is 588 g/mol. The van der Waals surface area contributed by atoms with E-state index in [-0.39, 0.29) is 74.8 Å². The van der Waals surface area contributed by atoms with Crippen molar-refractivity contribution in [3.05, 3.63) is 35.4 Å². The number of nitrogens with zero attached hydrogens (tertiary/aromatic N) is 2. The van der Waals surface area contributed by atoms with Gasteiger partial charge in [-0.2, -0.15) is 0 Å². The van der Waals surface area contributed by atoms with E-state index in [0.29, 0.717) is 5.56 Å². The Morgan fingerprint density at radius 3 is 1.89 bits per heavy atom. The van der Waals surface area contributed by atoms with Gasteiger partial charge in [-0.25, -0.2) is 0 Å². The summed E-state index contributed by atoms with van der Waals surface area (Å²) in [7, 11) is 2.79. The topological polar surface area (TPSA) is 188 Å². The molecule has 0 bridgehead atoms. The summed E-state index contributed by atoms with van der Waals surface area (Å²) in [6.45, 7) is -0.0437.